The molecule has 1 saturated heterocycles. The zero-order valence-corrected chi connectivity index (χ0v) is 12.1. The van der Waals surface area contributed by atoms with Crippen LogP contribution in [0.15, 0.2) is 35.6 Å². The predicted molar refractivity (Wildman–Crippen MR) is 73.7 cm³/mol. The Morgan fingerprint density at radius 1 is 1.16 bits per heavy atom. The van der Waals surface area contributed by atoms with Gasteiger partial charge in [-0.25, -0.2) is 5.06 Å². The largest absolute Gasteiger partial charge is 0.300 e. The van der Waals surface area contributed by atoms with Crippen molar-refractivity contribution in [2.45, 2.75) is 38.9 Å². The highest BCUT2D eigenvalue weighted by Crippen LogP contribution is 2.45. The van der Waals surface area contributed by atoms with E-state index in [1.54, 1.807) is 18.2 Å². The standard InChI is InChI=1S/C14H21N3O2/c1-13(2)12(10-8-6-7-9-11(10)15)16(18)14(3,4)17(13)19-5/h6-9,15,18H,1-5H3/b12-10-,15-11?. The summed E-state index contributed by atoms with van der Waals surface area (Å²) in [7, 11) is 1.59. The van der Waals surface area contributed by atoms with E-state index in [1.165, 1.54) is 5.06 Å². The topological polar surface area (TPSA) is 59.8 Å². The molecule has 0 bridgehead atoms. The van der Waals surface area contributed by atoms with Crippen molar-refractivity contribution in [2.75, 3.05) is 7.11 Å². The highest BCUT2D eigenvalue weighted by molar-refractivity contribution is 6.10. The lowest BCUT2D eigenvalue weighted by molar-refractivity contribution is -0.272. The molecule has 0 spiro atoms. The lowest BCUT2D eigenvalue weighted by Crippen LogP contribution is -2.50. The van der Waals surface area contributed by atoms with Gasteiger partial charge in [0, 0.05) is 5.57 Å². The molecule has 104 valence electrons. The summed E-state index contributed by atoms with van der Waals surface area (Å²) in [5.41, 5.74) is 0.533. The summed E-state index contributed by atoms with van der Waals surface area (Å²) in [4.78, 5) is 5.45. The van der Waals surface area contributed by atoms with E-state index >= 15 is 0 Å². The van der Waals surface area contributed by atoms with Crippen LogP contribution in [0.25, 0.3) is 0 Å². The van der Waals surface area contributed by atoms with Gasteiger partial charge in [0.25, 0.3) is 0 Å². The molecule has 0 aromatic carbocycles. The van der Waals surface area contributed by atoms with Crippen LogP contribution < -0.4 is 0 Å². The monoisotopic (exact) mass is 263 g/mol. The second kappa shape index (κ2) is 4.30. The van der Waals surface area contributed by atoms with Crippen LogP contribution in [0.5, 0.6) is 0 Å². The summed E-state index contributed by atoms with van der Waals surface area (Å²) >= 11 is 0. The Balaban J connectivity index is 2.64. The van der Waals surface area contributed by atoms with E-state index in [0.717, 1.165) is 0 Å². The van der Waals surface area contributed by atoms with Crippen molar-refractivity contribution in [2.24, 2.45) is 0 Å². The first-order chi connectivity index (χ1) is 8.74. The Morgan fingerprint density at radius 3 is 2.21 bits per heavy atom. The Bertz CT molecular complexity index is 501. The minimum atomic E-state index is -0.699. The minimum Gasteiger partial charge on any atom is -0.300 e. The van der Waals surface area contributed by atoms with Gasteiger partial charge in [0.1, 0.15) is 5.66 Å². The number of hydroxylamine groups is 4. The zero-order valence-electron chi connectivity index (χ0n) is 12.1. The summed E-state index contributed by atoms with van der Waals surface area (Å²) in [6.07, 6.45) is 7.24. The van der Waals surface area contributed by atoms with Gasteiger partial charge in [-0.2, -0.15) is 5.06 Å². The maximum Gasteiger partial charge on any atom is 0.137 e. The third-order valence-electron chi connectivity index (χ3n) is 3.68. The molecule has 1 heterocycles. The number of nitrogens with zero attached hydrogens (tertiary/aromatic N) is 2. The third-order valence-corrected chi connectivity index (χ3v) is 3.68. The van der Waals surface area contributed by atoms with Crippen LogP contribution in [0.3, 0.4) is 0 Å². The van der Waals surface area contributed by atoms with Gasteiger partial charge in [-0.1, -0.05) is 18.2 Å². The zero-order chi connectivity index (χ0) is 14.4. The van der Waals surface area contributed by atoms with E-state index in [9.17, 15) is 5.21 Å². The molecule has 1 aliphatic carbocycles. The van der Waals surface area contributed by atoms with Gasteiger partial charge >= 0.3 is 0 Å². The molecule has 1 fully saturated rings. The first-order valence-electron chi connectivity index (χ1n) is 6.26. The van der Waals surface area contributed by atoms with Gasteiger partial charge in [-0.3, -0.25) is 10.0 Å². The highest BCUT2D eigenvalue weighted by Gasteiger charge is 2.55. The van der Waals surface area contributed by atoms with Crippen molar-refractivity contribution in [3.63, 3.8) is 0 Å². The first kappa shape index (κ1) is 14.0. The van der Waals surface area contributed by atoms with Crippen molar-refractivity contribution in [1.82, 2.24) is 10.1 Å². The van der Waals surface area contributed by atoms with Crippen LogP contribution in [0.2, 0.25) is 0 Å². The lowest BCUT2D eigenvalue weighted by atomic mass is 9.93. The number of allylic oxidation sites excluding steroid dienone is 5. The van der Waals surface area contributed by atoms with Crippen LogP contribution in [-0.2, 0) is 4.84 Å². The summed E-state index contributed by atoms with van der Waals surface area (Å²) in [5.74, 6) is 0. The molecular weight excluding hydrogens is 242 g/mol. The quantitative estimate of drug-likeness (QED) is 0.763. The predicted octanol–water partition coefficient (Wildman–Crippen LogP) is 2.47. The maximum absolute atomic E-state index is 10.5. The van der Waals surface area contributed by atoms with Crippen molar-refractivity contribution in [3.8, 4) is 0 Å². The summed E-state index contributed by atoms with van der Waals surface area (Å²) in [5, 5.41) is 21.5. The first-order valence-corrected chi connectivity index (χ1v) is 6.26. The molecule has 0 aromatic heterocycles. The van der Waals surface area contributed by atoms with E-state index in [1.807, 2.05) is 45.9 Å². The fraction of sp³-hybridized carbons (Fsp3) is 0.500. The molecular formula is C14H21N3O2. The van der Waals surface area contributed by atoms with Crippen LogP contribution in [0.4, 0.5) is 0 Å². The molecule has 0 atom stereocenters. The van der Waals surface area contributed by atoms with Crippen molar-refractivity contribution < 1.29 is 10.0 Å². The number of nitrogens with one attached hydrogen (secondary N) is 1. The fourth-order valence-electron chi connectivity index (χ4n) is 2.98. The van der Waals surface area contributed by atoms with Crippen molar-refractivity contribution >= 4 is 5.71 Å². The number of rotatable bonds is 1. The molecule has 0 amide bonds. The summed E-state index contributed by atoms with van der Waals surface area (Å²) in [6, 6.07) is 0. The van der Waals surface area contributed by atoms with Crippen molar-refractivity contribution in [1.29, 1.82) is 5.41 Å². The molecule has 0 aromatic rings. The Morgan fingerprint density at radius 2 is 1.74 bits per heavy atom. The highest BCUT2D eigenvalue weighted by atomic mass is 16.7. The molecule has 0 saturated carbocycles. The molecule has 1 aliphatic heterocycles. The van der Waals surface area contributed by atoms with Gasteiger partial charge in [0.15, 0.2) is 0 Å². The Hall–Kier alpha value is -1.43. The molecule has 2 rings (SSSR count). The second-order valence-corrected chi connectivity index (χ2v) is 5.74. The fourth-order valence-corrected chi connectivity index (χ4v) is 2.98. The molecule has 5 heteroatoms. The van der Waals surface area contributed by atoms with Gasteiger partial charge in [-0.15, -0.1) is 0 Å². The van der Waals surface area contributed by atoms with E-state index < -0.39 is 11.2 Å². The molecule has 5 nitrogen and oxygen atoms in total. The maximum atomic E-state index is 10.5. The average Bonchev–Trinajstić information content (AvgIpc) is 2.44. The number of hydrogen-bond donors (Lipinski definition) is 2. The van der Waals surface area contributed by atoms with E-state index in [4.69, 9.17) is 10.2 Å². The van der Waals surface area contributed by atoms with Crippen LogP contribution >= 0.6 is 0 Å². The molecule has 19 heavy (non-hydrogen) atoms. The molecule has 2 aliphatic rings. The van der Waals surface area contributed by atoms with E-state index in [2.05, 4.69) is 0 Å². The molecule has 0 unspecified atom stereocenters. The van der Waals surface area contributed by atoms with E-state index in [0.29, 0.717) is 17.0 Å². The normalized spacial score (nSPS) is 29.4. The summed E-state index contributed by atoms with van der Waals surface area (Å²) in [6.45, 7) is 7.68. The number of hydrogen-bond acceptors (Lipinski definition) is 5. The lowest BCUT2D eigenvalue weighted by Gasteiger charge is -2.36. The van der Waals surface area contributed by atoms with E-state index in [-0.39, 0.29) is 0 Å². The van der Waals surface area contributed by atoms with Gasteiger partial charge in [0.05, 0.1) is 24.1 Å². The van der Waals surface area contributed by atoms with Crippen LogP contribution in [0.1, 0.15) is 27.7 Å². The van der Waals surface area contributed by atoms with Gasteiger partial charge in [0.2, 0.25) is 0 Å². The minimum absolute atomic E-state index is 0.387. The second-order valence-electron chi connectivity index (χ2n) is 5.74. The Labute approximate surface area is 113 Å². The molecule has 2 N–H and O–H groups in total. The molecule has 0 radical (unpaired) electrons. The third kappa shape index (κ3) is 1.85. The summed E-state index contributed by atoms with van der Waals surface area (Å²) < 4.78 is 0. The SMILES string of the molecule is CON1C(C)(C)/C(=C2\C=CC=CC2=N)N(O)C1(C)C. The van der Waals surface area contributed by atoms with Crippen molar-refractivity contribution in [3.05, 3.63) is 35.6 Å². The van der Waals surface area contributed by atoms with Crippen LogP contribution in [-0.4, -0.2) is 39.4 Å². The smallest absolute Gasteiger partial charge is 0.137 e. The van der Waals surface area contributed by atoms with Crippen LogP contribution in [0, 0.1) is 5.41 Å². The average molecular weight is 263 g/mol. The van der Waals surface area contributed by atoms with Gasteiger partial charge in [-0.05, 0) is 33.8 Å². The van der Waals surface area contributed by atoms with Gasteiger partial charge < -0.3 is 5.41 Å². The Kier molecular flexibility index (Phi) is 3.16.